The first-order valence-corrected chi connectivity index (χ1v) is 9.12. The zero-order valence-corrected chi connectivity index (χ0v) is 15.1. The Morgan fingerprint density at radius 2 is 1.85 bits per heavy atom. The van der Waals surface area contributed by atoms with Gasteiger partial charge in [0.15, 0.2) is 11.0 Å². The highest BCUT2D eigenvalue weighted by molar-refractivity contribution is 7.99. The number of para-hydroxylation sites is 1. The van der Waals surface area contributed by atoms with Gasteiger partial charge in [0, 0.05) is 6.54 Å². The van der Waals surface area contributed by atoms with E-state index in [1.165, 1.54) is 24.4 Å². The number of thioether (sulfide) groups is 1. The highest BCUT2D eigenvalue weighted by Gasteiger charge is 2.17. The molecule has 0 atom stereocenters. The van der Waals surface area contributed by atoms with E-state index in [9.17, 15) is 9.90 Å². The van der Waals surface area contributed by atoms with Gasteiger partial charge in [-0.25, -0.2) is 0 Å². The lowest BCUT2D eigenvalue weighted by Gasteiger charge is -2.11. The van der Waals surface area contributed by atoms with Crippen LogP contribution in [0.2, 0.25) is 0 Å². The van der Waals surface area contributed by atoms with Crippen LogP contribution in [-0.2, 0) is 22.5 Å². The molecule has 134 valence electrons. The summed E-state index contributed by atoms with van der Waals surface area (Å²) in [6.07, 6.45) is 0.783. The molecule has 0 saturated carbocycles. The Bertz CT molecular complexity index is 881. The smallest absolute Gasteiger partial charge is 0.316 e. The van der Waals surface area contributed by atoms with Crippen LogP contribution in [0.25, 0.3) is 11.4 Å². The maximum Gasteiger partial charge on any atom is 0.316 e. The van der Waals surface area contributed by atoms with E-state index in [4.69, 9.17) is 4.74 Å². The highest BCUT2D eigenvalue weighted by atomic mass is 32.2. The average Bonchev–Trinajstić information content (AvgIpc) is 3.08. The standard InChI is InChI=1S/C19H19N3O3S/c1-25-17(24)13-26-19-21-20-18(15-9-5-6-10-16(15)23)22(19)12-11-14-7-3-2-4-8-14/h2-10,23H,11-13H2,1H3. The van der Waals surface area contributed by atoms with Crippen LogP contribution in [0.4, 0.5) is 0 Å². The van der Waals surface area contributed by atoms with Crippen molar-refractivity contribution in [2.45, 2.75) is 18.1 Å². The second-order valence-corrected chi connectivity index (χ2v) is 6.52. The monoisotopic (exact) mass is 369 g/mol. The summed E-state index contributed by atoms with van der Waals surface area (Å²) >= 11 is 1.27. The van der Waals surface area contributed by atoms with Crippen LogP contribution >= 0.6 is 11.8 Å². The Balaban J connectivity index is 1.90. The van der Waals surface area contributed by atoms with E-state index in [0.29, 0.717) is 23.1 Å². The summed E-state index contributed by atoms with van der Waals surface area (Å²) in [5.41, 5.74) is 1.80. The van der Waals surface area contributed by atoms with Crippen LogP contribution in [0, 0.1) is 0 Å². The van der Waals surface area contributed by atoms with E-state index in [0.717, 1.165) is 6.42 Å². The van der Waals surface area contributed by atoms with Crippen molar-refractivity contribution in [3.8, 4) is 17.1 Å². The number of ether oxygens (including phenoxy) is 1. The third-order valence-electron chi connectivity index (χ3n) is 3.88. The van der Waals surface area contributed by atoms with Crippen LogP contribution < -0.4 is 0 Å². The Morgan fingerprint density at radius 1 is 1.12 bits per heavy atom. The number of aryl methyl sites for hydroxylation is 1. The van der Waals surface area contributed by atoms with Gasteiger partial charge in [-0.05, 0) is 24.1 Å². The molecular weight excluding hydrogens is 350 g/mol. The molecule has 0 amide bonds. The van der Waals surface area contributed by atoms with Crippen molar-refractivity contribution < 1.29 is 14.6 Å². The summed E-state index contributed by atoms with van der Waals surface area (Å²) in [6, 6.07) is 17.1. The summed E-state index contributed by atoms with van der Waals surface area (Å²) < 4.78 is 6.62. The Kier molecular flexibility index (Phi) is 5.91. The number of carbonyl (C=O) groups is 1. The molecule has 0 unspecified atom stereocenters. The van der Waals surface area contributed by atoms with E-state index in [1.54, 1.807) is 18.2 Å². The normalized spacial score (nSPS) is 10.7. The van der Waals surface area contributed by atoms with Crippen molar-refractivity contribution in [2.75, 3.05) is 12.9 Å². The van der Waals surface area contributed by atoms with E-state index >= 15 is 0 Å². The first-order chi connectivity index (χ1) is 12.7. The van der Waals surface area contributed by atoms with Gasteiger partial charge in [0.2, 0.25) is 0 Å². The molecular formula is C19H19N3O3S. The number of rotatable bonds is 7. The second kappa shape index (κ2) is 8.53. The van der Waals surface area contributed by atoms with Crippen molar-refractivity contribution >= 4 is 17.7 Å². The maximum absolute atomic E-state index is 11.5. The van der Waals surface area contributed by atoms with Gasteiger partial charge in [0.25, 0.3) is 0 Å². The molecule has 3 rings (SSSR count). The number of methoxy groups -OCH3 is 1. The third kappa shape index (κ3) is 4.23. The number of hydrogen-bond donors (Lipinski definition) is 1. The minimum atomic E-state index is -0.322. The van der Waals surface area contributed by atoms with Crippen LogP contribution in [-0.4, -0.2) is 38.7 Å². The van der Waals surface area contributed by atoms with Crippen molar-refractivity contribution in [2.24, 2.45) is 0 Å². The van der Waals surface area contributed by atoms with Crippen molar-refractivity contribution in [3.63, 3.8) is 0 Å². The Morgan fingerprint density at radius 3 is 2.58 bits per heavy atom. The lowest BCUT2D eigenvalue weighted by molar-refractivity contribution is -0.137. The molecule has 1 N–H and O–H groups in total. The van der Waals surface area contributed by atoms with Gasteiger partial charge >= 0.3 is 5.97 Å². The third-order valence-corrected chi connectivity index (χ3v) is 4.82. The lowest BCUT2D eigenvalue weighted by atomic mass is 10.1. The maximum atomic E-state index is 11.5. The first kappa shape index (κ1) is 18.0. The summed E-state index contributed by atoms with van der Waals surface area (Å²) in [6.45, 7) is 0.629. The van der Waals surface area contributed by atoms with E-state index in [2.05, 4.69) is 22.3 Å². The van der Waals surface area contributed by atoms with Gasteiger partial charge in [-0.3, -0.25) is 4.79 Å². The van der Waals surface area contributed by atoms with Crippen LogP contribution in [0.15, 0.2) is 59.8 Å². The number of phenolic OH excluding ortho intramolecular Hbond substituents is 1. The number of carbonyl (C=O) groups excluding carboxylic acids is 1. The number of phenols is 1. The number of esters is 1. The molecule has 0 aliphatic rings. The fraction of sp³-hybridized carbons (Fsp3) is 0.211. The largest absolute Gasteiger partial charge is 0.507 e. The van der Waals surface area contributed by atoms with Crippen LogP contribution in [0.3, 0.4) is 0 Å². The van der Waals surface area contributed by atoms with E-state index in [1.807, 2.05) is 28.8 Å². The van der Waals surface area contributed by atoms with Gasteiger partial charge in [0.05, 0.1) is 18.4 Å². The minimum Gasteiger partial charge on any atom is -0.507 e. The fourth-order valence-corrected chi connectivity index (χ4v) is 3.32. The molecule has 0 bridgehead atoms. The zero-order valence-electron chi connectivity index (χ0n) is 14.3. The summed E-state index contributed by atoms with van der Waals surface area (Å²) in [5.74, 6) is 0.550. The first-order valence-electron chi connectivity index (χ1n) is 8.14. The molecule has 26 heavy (non-hydrogen) atoms. The summed E-state index contributed by atoms with van der Waals surface area (Å²) in [4.78, 5) is 11.5. The van der Waals surface area contributed by atoms with Gasteiger partial charge in [-0.2, -0.15) is 0 Å². The van der Waals surface area contributed by atoms with Crippen molar-refractivity contribution in [1.29, 1.82) is 0 Å². The molecule has 0 saturated heterocycles. The molecule has 0 aliphatic heterocycles. The fourth-order valence-electron chi connectivity index (χ4n) is 2.53. The Hall–Kier alpha value is -2.80. The molecule has 1 heterocycles. The van der Waals surface area contributed by atoms with Gasteiger partial charge in [0.1, 0.15) is 5.75 Å². The molecule has 0 spiro atoms. The SMILES string of the molecule is COC(=O)CSc1nnc(-c2ccccc2O)n1CCc1ccccc1. The minimum absolute atomic E-state index is 0.144. The van der Waals surface area contributed by atoms with E-state index in [-0.39, 0.29) is 17.5 Å². The molecule has 1 aromatic heterocycles. The number of aromatic nitrogens is 3. The van der Waals surface area contributed by atoms with Crippen molar-refractivity contribution in [3.05, 3.63) is 60.2 Å². The van der Waals surface area contributed by atoms with Gasteiger partial charge in [-0.1, -0.05) is 54.2 Å². The molecule has 0 aliphatic carbocycles. The average molecular weight is 369 g/mol. The zero-order chi connectivity index (χ0) is 18.4. The predicted molar refractivity (Wildman–Crippen MR) is 100 cm³/mol. The predicted octanol–water partition coefficient (Wildman–Crippen LogP) is 3.16. The molecule has 3 aromatic rings. The van der Waals surface area contributed by atoms with E-state index < -0.39 is 0 Å². The molecule has 0 radical (unpaired) electrons. The summed E-state index contributed by atoms with van der Waals surface area (Å²) in [5, 5.41) is 19.2. The molecule has 6 nitrogen and oxygen atoms in total. The number of aromatic hydroxyl groups is 1. The van der Waals surface area contributed by atoms with Gasteiger partial charge < -0.3 is 14.4 Å². The highest BCUT2D eigenvalue weighted by Crippen LogP contribution is 2.30. The molecule has 0 fully saturated rings. The van der Waals surface area contributed by atoms with Crippen molar-refractivity contribution in [1.82, 2.24) is 14.8 Å². The van der Waals surface area contributed by atoms with Gasteiger partial charge in [-0.15, -0.1) is 10.2 Å². The van der Waals surface area contributed by atoms with Crippen LogP contribution in [0.5, 0.6) is 5.75 Å². The van der Waals surface area contributed by atoms with Crippen LogP contribution in [0.1, 0.15) is 5.56 Å². The second-order valence-electron chi connectivity index (χ2n) is 5.58. The summed E-state index contributed by atoms with van der Waals surface area (Å²) in [7, 11) is 1.36. The lowest BCUT2D eigenvalue weighted by Crippen LogP contribution is -2.08. The number of hydrogen-bond acceptors (Lipinski definition) is 6. The number of nitrogens with zero attached hydrogens (tertiary/aromatic N) is 3. The molecule has 2 aromatic carbocycles. The Labute approximate surface area is 155 Å². The molecule has 7 heteroatoms. The quantitative estimate of drug-likeness (QED) is 0.509. The topological polar surface area (TPSA) is 77.2 Å². The number of benzene rings is 2.